The minimum atomic E-state index is -0.610. The molecule has 0 radical (unpaired) electrons. The van der Waals surface area contributed by atoms with Gasteiger partial charge in [0, 0.05) is 29.1 Å². The van der Waals surface area contributed by atoms with E-state index in [4.69, 9.17) is 32.4 Å². The maximum absolute atomic E-state index is 12.7. The Labute approximate surface area is 226 Å². The average molecular weight is 552 g/mol. The topological polar surface area (TPSA) is 105 Å². The molecule has 1 N–H and O–H groups in total. The summed E-state index contributed by atoms with van der Waals surface area (Å²) in [5, 5.41) is 13.5. The third kappa shape index (κ3) is 6.46. The van der Waals surface area contributed by atoms with Gasteiger partial charge in [0.25, 0.3) is 5.91 Å². The van der Waals surface area contributed by atoms with Crippen LogP contribution in [0.4, 0.5) is 5.13 Å². The number of esters is 1. The van der Waals surface area contributed by atoms with Crippen molar-refractivity contribution < 1.29 is 18.7 Å². The number of benzene rings is 2. The summed E-state index contributed by atoms with van der Waals surface area (Å²) < 4.78 is 10.8. The number of carbonyl (C=O) groups is 2. The zero-order chi connectivity index (χ0) is 26.4. The Hall–Kier alpha value is -3.90. The third-order valence-corrected chi connectivity index (χ3v) is 6.90. The number of ether oxygens (including phenoxy) is 1. The van der Waals surface area contributed by atoms with Crippen molar-refractivity contribution in [3.05, 3.63) is 98.2 Å². The number of nitrogens with zero attached hydrogens (tertiary/aromatic N) is 2. The fourth-order valence-electron chi connectivity index (χ4n) is 3.35. The van der Waals surface area contributed by atoms with Crippen molar-refractivity contribution in [1.29, 1.82) is 5.26 Å². The molecule has 1 amide bonds. The van der Waals surface area contributed by atoms with Crippen LogP contribution in [0.15, 0.2) is 70.8 Å². The predicted octanol–water partition coefficient (Wildman–Crippen LogP) is 7.02. The second-order valence-electron chi connectivity index (χ2n) is 7.65. The summed E-state index contributed by atoms with van der Waals surface area (Å²) in [6.07, 6.45) is 3.50. The number of aromatic nitrogens is 1. The molecule has 2 aromatic carbocycles. The normalized spacial score (nSPS) is 11.1. The molecule has 7 nitrogen and oxygen atoms in total. The lowest BCUT2D eigenvalue weighted by atomic mass is 10.1. The first kappa shape index (κ1) is 26.2. The first-order valence-corrected chi connectivity index (χ1v) is 12.6. The number of nitrogens with one attached hydrogen (secondary N) is 1. The zero-order valence-corrected chi connectivity index (χ0v) is 21.8. The van der Waals surface area contributed by atoms with Crippen LogP contribution in [0, 0.1) is 11.3 Å². The van der Waals surface area contributed by atoms with Crippen molar-refractivity contribution in [1.82, 2.24) is 4.98 Å². The van der Waals surface area contributed by atoms with Crippen molar-refractivity contribution in [3.63, 3.8) is 0 Å². The number of thiazole rings is 1. The molecule has 186 valence electrons. The van der Waals surface area contributed by atoms with Crippen LogP contribution in [0.3, 0.4) is 0 Å². The Balaban J connectivity index is 1.43. The van der Waals surface area contributed by atoms with Crippen LogP contribution < -0.4 is 5.32 Å². The van der Waals surface area contributed by atoms with E-state index in [0.29, 0.717) is 45.3 Å². The van der Waals surface area contributed by atoms with Gasteiger partial charge in [0.05, 0.1) is 22.2 Å². The number of carbonyl (C=O) groups excluding carboxylic acids is 2. The number of furan rings is 1. The van der Waals surface area contributed by atoms with Gasteiger partial charge in [0.15, 0.2) is 5.13 Å². The number of rotatable bonds is 8. The average Bonchev–Trinajstić information content (AvgIpc) is 3.55. The van der Waals surface area contributed by atoms with Gasteiger partial charge in [-0.2, -0.15) is 5.26 Å². The Morgan fingerprint density at radius 1 is 1.16 bits per heavy atom. The molecule has 0 unspecified atom stereocenters. The molecule has 10 heteroatoms. The van der Waals surface area contributed by atoms with E-state index < -0.39 is 11.9 Å². The Morgan fingerprint density at radius 2 is 1.95 bits per heavy atom. The highest BCUT2D eigenvalue weighted by molar-refractivity contribution is 7.15. The Bertz CT molecular complexity index is 1520. The van der Waals surface area contributed by atoms with E-state index >= 15 is 0 Å². The van der Waals surface area contributed by atoms with Crippen LogP contribution in [0.1, 0.15) is 33.5 Å². The van der Waals surface area contributed by atoms with Crippen molar-refractivity contribution in [3.8, 4) is 17.4 Å². The highest BCUT2D eigenvalue weighted by atomic mass is 35.5. The van der Waals surface area contributed by atoms with Crippen molar-refractivity contribution >= 4 is 57.6 Å². The summed E-state index contributed by atoms with van der Waals surface area (Å²) in [4.78, 5) is 29.6. The highest BCUT2D eigenvalue weighted by Gasteiger charge is 2.15. The van der Waals surface area contributed by atoms with Gasteiger partial charge in [-0.05, 0) is 42.8 Å². The van der Waals surface area contributed by atoms with Crippen LogP contribution in [0.5, 0.6) is 0 Å². The fourth-order valence-corrected chi connectivity index (χ4v) is 4.56. The molecular formula is C27H19Cl2N3O4S. The largest absolute Gasteiger partial charge is 0.462 e. The molecule has 0 atom stereocenters. The summed E-state index contributed by atoms with van der Waals surface area (Å²) in [6.45, 7) is 2.04. The fraction of sp³-hybridized carbons (Fsp3) is 0.111. The summed E-state index contributed by atoms with van der Waals surface area (Å²) in [5.74, 6) is -0.168. The van der Waals surface area contributed by atoms with Gasteiger partial charge in [0.1, 0.15) is 23.2 Å². The van der Waals surface area contributed by atoms with E-state index in [-0.39, 0.29) is 5.57 Å². The minimum Gasteiger partial charge on any atom is -0.462 e. The number of halogens is 2. The molecular weight excluding hydrogens is 533 g/mol. The molecule has 0 aliphatic rings. The first-order valence-electron chi connectivity index (χ1n) is 11.1. The molecule has 4 rings (SSSR count). The van der Waals surface area contributed by atoms with Gasteiger partial charge < -0.3 is 9.15 Å². The molecule has 0 bridgehead atoms. The molecule has 0 saturated carbocycles. The van der Waals surface area contributed by atoms with E-state index in [1.54, 1.807) is 55.6 Å². The van der Waals surface area contributed by atoms with Crippen LogP contribution >= 0.6 is 34.5 Å². The SMILES string of the molecule is CCOC(=O)c1ccc(-c2ccc(/C=C(\C#N)C(=O)Nc3ncc(Cc4cccc(Cl)c4Cl)s3)o2)cc1. The molecule has 0 saturated heterocycles. The monoisotopic (exact) mass is 551 g/mol. The second kappa shape index (κ2) is 11.9. The van der Waals surface area contributed by atoms with Crippen molar-refractivity contribution in [2.45, 2.75) is 13.3 Å². The Morgan fingerprint density at radius 3 is 2.68 bits per heavy atom. The van der Waals surface area contributed by atoms with Crippen LogP contribution in [0.25, 0.3) is 17.4 Å². The summed E-state index contributed by atoms with van der Waals surface area (Å²) >= 11 is 13.6. The molecule has 37 heavy (non-hydrogen) atoms. The van der Waals surface area contributed by atoms with Gasteiger partial charge in [-0.3, -0.25) is 10.1 Å². The van der Waals surface area contributed by atoms with E-state index in [2.05, 4.69) is 10.3 Å². The predicted molar refractivity (Wildman–Crippen MR) is 144 cm³/mol. The molecule has 0 aliphatic carbocycles. The van der Waals surface area contributed by atoms with E-state index in [1.165, 1.54) is 17.4 Å². The second-order valence-corrected chi connectivity index (χ2v) is 9.55. The molecule has 0 fully saturated rings. The van der Waals surface area contributed by atoms with E-state index in [0.717, 1.165) is 16.0 Å². The standard InChI is InChI=1S/C27H19Cl2N3O4S/c1-2-35-26(34)17-8-6-16(7-9-17)23-11-10-20(36-23)12-19(14-30)25(33)32-27-31-15-21(37-27)13-18-4-3-5-22(28)24(18)29/h3-12,15H,2,13H2,1H3,(H,31,32,33)/b19-12+. The maximum Gasteiger partial charge on any atom is 0.338 e. The lowest BCUT2D eigenvalue weighted by Gasteiger charge is -2.03. The summed E-state index contributed by atoms with van der Waals surface area (Å²) in [5.41, 5.74) is 1.86. The smallest absolute Gasteiger partial charge is 0.338 e. The molecule has 0 spiro atoms. The first-order chi connectivity index (χ1) is 17.9. The number of hydrogen-bond acceptors (Lipinski definition) is 7. The van der Waals surface area contributed by atoms with Crippen LogP contribution in [0.2, 0.25) is 10.0 Å². The number of hydrogen-bond donors (Lipinski definition) is 1. The maximum atomic E-state index is 12.7. The van der Waals surface area contributed by atoms with Crippen LogP contribution in [-0.2, 0) is 16.0 Å². The quantitative estimate of drug-likeness (QED) is 0.143. The van der Waals surface area contributed by atoms with Gasteiger partial charge in [0.2, 0.25) is 0 Å². The van der Waals surface area contributed by atoms with Gasteiger partial charge in [-0.1, -0.05) is 47.5 Å². The highest BCUT2D eigenvalue weighted by Crippen LogP contribution is 2.30. The zero-order valence-electron chi connectivity index (χ0n) is 19.5. The number of nitriles is 1. The molecule has 0 aliphatic heterocycles. The molecule has 4 aromatic rings. The van der Waals surface area contributed by atoms with Crippen molar-refractivity contribution in [2.24, 2.45) is 0 Å². The Kier molecular flexibility index (Phi) is 8.41. The molecule has 2 aromatic heterocycles. The number of amides is 1. The van der Waals surface area contributed by atoms with E-state index in [1.807, 2.05) is 18.2 Å². The van der Waals surface area contributed by atoms with Gasteiger partial charge in [-0.25, -0.2) is 9.78 Å². The third-order valence-electron chi connectivity index (χ3n) is 5.13. The van der Waals surface area contributed by atoms with Gasteiger partial charge >= 0.3 is 5.97 Å². The van der Waals surface area contributed by atoms with Crippen molar-refractivity contribution in [2.75, 3.05) is 11.9 Å². The summed E-state index contributed by atoms with van der Waals surface area (Å²) in [7, 11) is 0. The minimum absolute atomic E-state index is 0.145. The van der Waals surface area contributed by atoms with Gasteiger partial charge in [-0.15, -0.1) is 11.3 Å². The molecule has 2 heterocycles. The number of anilines is 1. The lowest BCUT2D eigenvalue weighted by Crippen LogP contribution is -2.13. The lowest BCUT2D eigenvalue weighted by molar-refractivity contribution is -0.112. The summed E-state index contributed by atoms with van der Waals surface area (Å²) in [6, 6.07) is 17.4. The van der Waals surface area contributed by atoms with Crippen LogP contribution in [-0.4, -0.2) is 23.5 Å². The van der Waals surface area contributed by atoms with E-state index in [9.17, 15) is 14.9 Å².